The van der Waals surface area contributed by atoms with Gasteiger partial charge in [0, 0.05) is 24.0 Å². The summed E-state index contributed by atoms with van der Waals surface area (Å²) in [5.74, 6) is -1.07. The Kier molecular flexibility index (Phi) is 4.37. The SMILES string of the molecule is CCCn1c(C(=O)N2CCCCC2C(=O)O)cc2ccccc21. The van der Waals surface area contributed by atoms with Gasteiger partial charge in [-0.2, -0.15) is 0 Å². The highest BCUT2D eigenvalue weighted by Crippen LogP contribution is 2.25. The minimum Gasteiger partial charge on any atom is -0.480 e. The molecule has 0 radical (unpaired) electrons. The number of amides is 1. The average Bonchev–Trinajstić information content (AvgIpc) is 2.93. The molecule has 5 heteroatoms. The molecular weight excluding hydrogens is 292 g/mol. The lowest BCUT2D eigenvalue weighted by Gasteiger charge is -2.33. The normalized spacial score (nSPS) is 18.3. The zero-order chi connectivity index (χ0) is 16.4. The summed E-state index contributed by atoms with van der Waals surface area (Å²) in [7, 11) is 0. The van der Waals surface area contributed by atoms with E-state index < -0.39 is 12.0 Å². The number of carboxylic acid groups (broad SMARTS) is 1. The molecule has 3 rings (SSSR count). The number of aryl methyl sites for hydroxylation is 1. The number of piperidine rings is 1. The van der Waals surface area contributed by atoms with Gasteiger partial charge in [-0.1, -0.05) is 25.1 Å². The highest BCUT2D eigenvalue weighted by atomic mass is 16.4. The number of carbonyl (C=O) groups is 2. The van der Waals surface area contributed by atoms with Crippen LogP contribution < -0.4 is 0 Å². The first-order valence-corrected chi connectivity index (χ1v) is 8.25. The number of benzene rings is 1. The average molecular weight is 314 g/mol. The van der Waals surface area contributed by atoms with Gasteiger partial charge < -0.3 is 14.6 Å². The maximum absolute atomic E-state index is 13.0. The van der Waals surface area contributed by atoms with Crippen molar-refractivity contribution in [3.05, 3.63) is 36.0 Å². The lowest BCUT2D eigenvalue weighted by Crippen LogP contribution is -2.48. The second-order valence-electron chi connectivity index (χ2n) is 6.09. The number of aromatic nitrogens is 1. The molecule has 122 valence electrons. The fourth-order valence-electron chi connectivity index (χ4n) is 3.43. The largest absolute Gasteiger partial charge is 0.480 e. The molecule has 1 amide bonds. The van der Waals surface area contributed by atoms with E-state index in [4.69, 9.17) is 0 Å². The molecule has 1 unspecified atom stereocenters. The summed E-state index contributed by atoms with van der Waals surface area (Å²) in [5.41, 5.74) is 1.63. The van der Waals surface area contributed by atoms with Crippen LogP contribution in [-0.2, 0) is 11.3 Å². The molecule has 2 heterocycles. The maximum Gasteiger partial charge on any atom is 0.326 e. The minimum absolute atomic E-state index is 0.165. The summed E-state index contributed by atoms with van der Waals surface area (Å²) in [6.07, 6.45) is 3.18. The second-order valence-corrected chi connectivity index (χ2v) is 6.09. The molecule has 0 spiro atoms. The van der Waals surface area contributed by atoms with Gasteiger partial charge in [0.25, 0.3) is 5.91 Å². The van der Waals surface area contributed by atoms with Gasteiger partial charge in [0.1, 0.15) is 11.7 Å². The monoisotopic (exact) mass is 314 g/mol. The van der Waals surface area contributed by atoms with Crippen LogP contribution in [0.5, 0.6) is 0 Å². The van der Waals surface area contributed by atoms with Gasteiger partial charge in [-0.3, -0.25) is 4.79 Å². The standard InChI is InChI=1S/C18H22N2O3/c1-2-10-19-14-8-4-3-7-13(14)12-16(19)17(21)20-11-6-5-9-15(20)18(22)23/h3-4,7-8,12,15H,2,5-6,9-11H2,1H3,(H,22,23). The number of aliphatic carboxylic acids is 1. The summed E-state index contributed by atoms with van der Waals surface area (Å²) in [5, 5.41) is 10.4. The van der Waals surface area contributed by atoms with Crippen LogP contribution in [0, 0.1) is 0 Å². The van der Waals surface area contributed by atoms with Gasteiger partial charge >= 0.3 is 5.97 Å². The second kappa shape index (κ2) is 6.44. The van der Waals surface area contributed by atoms with Crippen molar-refractivity contribution in [2.45, 2.75) is 45.2 Å². The van der Waals surface area contributed by atoms with E-state index in [-0.39, 0.29) is 5.91 Å². The van der Waals surface area contributed by atoms with Crippen molar-refractivity contribution >= 4 is 22.8 Å². The lowest BCUT2D eigenvalue weighted by atomic mass is 10.0. The van der Waals surface area contributed by atoms with Gasteiger partial charge in [-0.25, -0.2) is 4.79 Å². The van der Waals surface area contributed by atoms with Crippen molar-refractivity contribution in [1.82, 2.24) is 9.47 Å². The predicted molar refractivity (Wildman–Crippen MR) is 88.5 cm³/mol. The molecule has 2 aromatic rings. The third-order valence-corrected chi connectivity index (χ3v) is 4.53. The number of carbonyl (C=O) groups excluding carboxylic acids is 1. The number of rotatable bonds is 4. The van der Waals surface area contributed by atoms with Crippen LogP contribution in [0.2, 0.25) is 0 Å². The number of hydrogen-bond donors (Lipinski definition) is 1. The predicted octanol–water partition coefficient (Wildman–Crippen LogP) is 3.13. The Hall–Kier alpha value is -2.30. The molecule has 0 saturated carbocycles. The van der Waals surface area contributed by atoms with Crippen molar-refractivity contribution in [2.75, 3.05) is 6.54 Å². The smallest absolute Gasteiger partial charge is 0.326 e. The van der Waals surface area contributed by atoms with E-state index in [1.165, 1.54) is 4.90 Å². The fraction of sp³-hybridized carbons (Fsp3) is 0.444. The van der Waals surface area contributed by atoms with E-state index >= 15 is 0 Å². The molecule has 0 aliphatic carbocycles. The van der Waals surface area contributed by atoms with E-state index in [2.05, 4.69) is 6.92 Å². The number of carboxylic acids is 1. The zero-order valence-electron chi connectivity index (χ0n) is 13.4. The van der Waals surface area contributed by atoms with Crippen LogP contribution in [-0.4, -0.2) is 39.0 Å². The summed E-state index contributed by atoms with van der Waals surface area (Å²) in [6.45, 7) is 3.34. The Labute approximate surface area is 135 Å². The van der Waals surface area contributed by atoms with Gasteiger partial charge in [0.15, 0.2) is 0 Å². The van der Waals surface area contributed by atoms with E-state index in [9.17, 15) is 14.7 Å². The molecule has 1 aromatic carbocycles. The highest BCUT2D eigenvalue weighted by molar-refractivity contribution is 6.00. The molecule has 1 atom stereocenters. The van der Waals surface area contributed by atoms with Crippen LogP contribution in [0.15, 0.2) is 30.3 Å². The molecule has 5 nitrogen and oxygen atoms in total. The van der Waals surface area contributed by atoms with Crippen molar-refractivity contribution < 1.29 is 14.7 Å². The number of fused-ring (bicyclic) bond motifs is 1. The van der Waals surface area contributed by atoms with E-state index in [1.807, 2.05) is 34.9 Å². The summed E-state index contributed by atoms with van der Waals surface area (Å²) < 4.78 is 2.02. The quantitative estimate of drug-likeness (QED) is 0.943. The summed E-state index contributed by atoms with van der Waals surface area (Å²) >= 11 is 0. The van der Waals surface area contributed by atoms with Crippen LogP contribution in [0.3, 0.4) is 0 Å². The maximum atomic E-state index is 13.0. The molecule has 1 aliphatic rings. The number of likely N-dealkylation sites (tertiary alicyclic amines) is 1. The number of hydrogen-bond acceptors (Lipinski definition) is 2. The van der Waals surface area contributed by atoms with Crippen LogP contribution in [0.4, 0.5) is 0 Å². The molecular formula is C18H22N2O3. The van der Waals surface area contributed by atoms with Crippen LogP contribution in [0.25, 0.3) is 10.9 Å². The third kappa shape index (κ3) is 2.83. The van der Waals surface area contributed by atoms with Crippen molar-refractivity contribution in [3.8, 4) is 0 Å². The topological polar surface area (TPSA) is 62.5 Å². The molecule has 0 bridgehead atoms. The highest BCUT2D eigenvalue weighted by Gasteiger charge is 2.33. The summed E-state index contributed by atoms with van der Waals surface area (Å²) in [4.78, 5) is 26.0. The van der Waals surface area contributed by atoms with Crippen molar-refractivity contribution in [1.29, 1.82) is 0 Å². The molecule has 1 aromatic heterocycles. The van der Waals surface area contributed by atoms with Crippen molar-refractivity contribution in [3.63, 3.8) is 0 Å². The Morgan fingerprint density at radius 2 is 2.04 bits per heavy atom. The van der Waals surface area contributed by atoms with Gasteiger partial charge in [-0.05, 0) is 37.8 Å². The van der Waals surface area contributed by atoms with Gasteiger partial charge in [-0.15, -0.1) is 0 Å². The van der Waals surface area contributed by atoms with Gasteiger partial charge in [0.05, 0.1) is 0 Å². The molecule has 1 saturated heterocycles. The van der Waals surface area contributed by atoms with Gasteiger partial charge in [0.2, 0.25) is 0 Å². The van der Waals surface area contributed by atoms with Crippen molar-refractivity contribution in [2.24, 2.45) is 0 Å². The first-order valence-electron chi connectivity index (χ1n) is 8.25. The number of para-hydroxylation sites is 1. The number of nitrogens with zero attached hydrogens (tertiary/aromatic N) is 2. The van der Waals surface area contributed by atoms with E-state index in [0.717, 1.165) is 36.7 Å². The third-order valence-electron chi connectivity index (χ3n) is 4.53. The summed E-state index contributed by atoms with van der Waals surface area (Å²) in [6, 6.07) is 9.10. The Morgan fingerprint density at radius 3 is 2.78 bits per heavy atom. The molecule has 1 fully saturated rings. The van der Waals surface area contributed by atoms with Crippen LogP contribution >= 0.6 is 0 Å². The molecule has 23 heavy (non-hydrogen) atoms. The Balaban J connectivity index is 2.02. The Bertz CT molecular complexity index is 735. The van der Waals surface area contributed by atoms with E-state index in [0.29, 0.717) is 18.7 Å². The van der Waals surface area contributed by atoms with E-state index in [1.54, 1.807) is 0 Å². The first-order chi connectivity index (χ1) is 11.1. The fourth-order valence-corrected chi connectivity index (χ4v) is 3.43. The minimum atomic E-state index is -0.906. The molecule has 1 N–H and O–H groups in total. The lowest BCUT2D eigenvalue weighted by molar-refractivity contribution is -0.143. The molecule has 1 aliphatic heterocycles. The first kappa shape index (κ1) is 15.6. The Morgan fingerprint density at radius 1 is 1.26 bits per heavy atom. The van der Waals surface area contributed by atoms with Crippen LogP contribution in [0.1, 0.15) is 43.1 Å². The zero-order valence-corrected chi connectivity index (χ0v) is 13.4.